The van der Waals surface area contributed by atoms with Crippen molar-refractivity contribution in [2.45, 2.75) is 13.3 Å². The van der Waals surface area contributed by atoms with E-state index >= 15 is 0 Å². The number of nitrogens with two attached hydrogens (primary N) is 1. The molecule has 5 heteroatoms. The topological polar surface area (TPSA) is 72.1 Å². The Morgan fingerprint density at radius 1 is 1.21 bits per heavy atom. The van der Waals surface area contributed by atoms with Crippen molar-refractivity contribution in [3.05, 3.63) is 47.9 Å². The van der Waals surface area contributed by atoms with Crippen LogP contribution < -0.4 is 10.6 Å². The highest BCUT2D eigenvalue weighted by atomic mass is 16.2. The molecular weight excluding hydrogens is 240 g/mol. The third kappa shape index (κ3) is 2.88. The maximum Gasteiger partial charge on any atom is 0.278 e. The van der Waals surface area contributed by atoms with E-state index in [4.69, 9.17) is 5.73 Å². The number of aryl methyl sites for hydroxylation is 1. The summed E-state index contributed by atoms with van der Waals surface area (Å²) >= 11 is 0. The fraction of sp³-hybridized carbons (Fsp3) is 0.214. The number of benzene rings is 1. The lowest BCUT2D eigenvalue weighted by molar-refractivity contribution is 0.0988. The fourth-order valence-electron chi connectivity index (χ4n) is 1.69. The average molecular weight is 256 g/mol. The number of amides is 1. The molecule has 2 rings (SSSR count). The molecule has 0 bridgehead atoms. The van der Waals surface area contributed by atoms with Crippen LogP contribution in [0.25, 0.3) is 0 Å². The molecule has 2 N–H and O–H groups in total. The van der Waals surface area contributed by atoms with E-state index in [0.29, 0.717) is 5.82 Å². The molecule has 98 valence electrons. The Hall–Kier alpha value is -2.43. The minimum absolute atomic E-state index is 0.211. The molecule has 0 spiro atoms. The summed E-state index contributed by atoms with van der Waals surface area (Å²) in [7, 11) is 1.71. The van der Waals surface area contributed by atoms with Crippen molar-refractivity contribution in [3.63, 3.8) is 0 Å². The Balaban J connectivity index is 2.20. The first kappa shape index (κ1) is 13.0. The second-order valence-electron chi connectivity index (χ2n) is 4.21. The zero-order chi connectivity index (χ0) is 13.8. The normalized spacial score (nSPS) is 10.2. The minimum Gasteiger partial charge on any atom is -0.382 e. The molecule has 19 heavy (non-hydrogen) atoms. The van der Waals surface area contributed by atoms with E-state index in [1.54, 1.807) is 11.9 Å². The Morgan fingerprint density at radius 3 is 2.42 bits per heavy atom. The van der Waals surface area contributed by atoms with Crippen LogP contribution in [-0.2, 0) is 6.42 Å². The predicted octanol–water partition coefficient (Wildman–Crippen LogP) is 1.90. The summed E-state index contributed by atoms with van der Waals surface area (Å²) in [5.74, 6) is 0.0863. The number of anilines is 2. The second kappa shape index (κ2) is 5.48. The van der Waals surface area contributed by atoms with Crippen molar-refractivity contribution in [1.82, 2.24) is 9.97 Å². The van der Waals surface area contributed by atoms with E-state index in [0.717, 1.165) is 12.1 Å². The first-order chi connectivity index (χ1) is 9.11. The van der Waals surface area contributed by atoms with Gasteiger partial charge in [-0.1, -0.05) is 19.1 Å². The highest BCUT2D eigenvalue weighted by molar-refractivity contribution is 6.04. The van der Waals surface area contributed by atoms with Gasteiger partial charge in [-0.05, 0) is 24.1 Å². The number of carbonyl (C=O) groups is 1. The van der Waals surface area contributed by atoms with E-state index in [1.807, 2.05) is 24.3 Å². The summed E-state index contributed by atoms with van der Waals surface area (Å²) in [6, 6.07) is 7.85. The van der Waals surface area contributed by atoms with Gasteiger partial charge in [0.05, 0.1) is 12.4 Å². The van der Waals surface area contributed by atoms with Gasteiger partial charge in [-0.3, -0.25) is 4.79 Å². The zero-order valence-electron chi connectivity index (χ0n) is 11.0. The lowest BCUT2D eigenvalue weighted by Gasteiger charge is -2.17. The molecule has 0 radical (unpaired) electrons. The van der Waals surface area contributed by atoms with Gasteiger partial charge in [0.2, 0.25) is 0 Å². The highest BCUT2D eigenvalue weighted by Gasteiger charge is 2.14. The molecule has 0 unspecified atom stereocenters. The van der Waals surface area contributed by atoms with Gasteiger partial charge >= 0.3 is 0 Å². The van der Waals surface area contributed by atoms with Crippen LogP contribution in [0.4, 0.5) is 11.5 Å². The van der Waals surface area contributed by atoms with Crippen molar-refractivity contribution >= 4 is 17.4 Å². The van der Waals surface area contributed by atoms with Crippen molar-refractivity contribution in [3.8, 4) is 0 Å². The summed E-state index contributed by atoms with van der Waals surface area (Å²) in [6.45, 7) is 2.09. The molecule has 5 nitrogen and oxygen atoms in total. The third-order valence-corrected chi connectivity index (χ3v) is 2.93. The summed E-state index contributed by atoms with van der Waals surface area (Å²) in [4.78, 5) is 21.6. The zero-order valence-corrected chi connectivity index (χ0v) is 11.0. The quantitative estimate of drug-likeness (QED) is 0.910. The minimum atomic E-state index is -0.211. The van der Waals surface area contributed by atoms with Gasteiger partial charge in [-0.25, -0.2) is 9.97 Å². The highest BCUT2D eigenvalue weighted by Crippen LogP contribution is 2.16. The number of hydrogen-bond acceptors (Lipinski definition) is 4. The van der Waals surface area contributed by atoms with Gasteiger partial charge in [0.1, 0.15) is 11.5 Å². The average Bonchev–Trinajstić information content (AvgIpc) is 2.46. The molecule has 0 saturated carbocycles. The summed E-state index contributed by atoms with van der Waals surface area (Å²) in [5.41, 5.74) is 7.78. The van der Waals surface area contributed by atoms with E-state index in [9.17, 15) is 4.79 Å². The molecule has 0 fully saturated rings. The van der Waals surface area contributed by atoms with E-state index in [1.165, 1.54) is 18.0 Å². The Bertz CT molecular complexity index is 563. The summed E-state index contributed by atoms with van der Waals surface area (Å²) in [6.07, 6.45) is 3.73. The molecule has 2 aromatic rings. The molecule has 0 aliphatic carbocycles. The van der Waals surface area contributed by atoms with Crippen LogP contribution >= 0.6 is 0 Å². The molecule has 0 saturated heterocycles. The molecule has 1 aromatic heterocycles. The van der Waals surface area contributed by atoms with Gasteiger partial charge in [0, 0.05) is 12.7 Å². The number of nitrogen functional groups attached to an aromatic ring is 1. The van der Waals surface area contributed by atoms with Crippen LogP contribution in [0.3, 0.4) is 0 Å². The van der Waals surface area contributed by atoms with Crippen molar-refractivity contribution in [2.75, 3.05) is 17.7 Å². The molecule has 0 aliphatic heterocycles. The Labute approximate surface area is 112 Å². The second-order valence-corrected chi connectivity index (χ2v) is 4.21. The molecular formula is C14H16N4O. The lowest BCUT2D eigenvalue weighted by atomic mass is 10.1. The predicted molar refractivity (Wildman–Crippen MR) is 75.0 cm³/mol. The molecule has 1 amide bonds. The Kier molecular flexibility index (Phi) is 3.75. The Morgan fingerprint density at radius 2 is 1.89 bits per heavy atom. The molecule has 1 aromatic carbocycles. The van der Waals surface area contributed by atoms with Crippen LogP contribution in [0.5, 0.6) is 0 Å². The van der Waals surface area contributed by atoms with Crippen LogP contribution in [-0.4, -0.2) is 22.9 Å². The number of hydrogen-bond donors (Lipinski definition) is 1. The van der Waals surface area contributed by atoms with Gasteiger partial charge < -0.3 is 10.6 Å². The van der Waals surface area contributed by atoms with Gasteiger partial charge in [0.15, 0.2) is 0 Å². The van der Waals surface area contributed by atoms with E-state index < -0.39 is 0 Å². The van der Waals surface area contributed by atoms with Crippen LogP contribution in [0, 0.1) is 0 Å². The number of nitrogens with zero attached hydrogens (tertiary/aromatic N) is 3. The third-order valence-electron chi connectivity index (χ3n) is 2.93. The largest absolute Gasteiger partial charge is 0.382 e. The number of carbonyl (C=O) groups excluding carboxylic acids is 1. The van der Waals surface area contributed by atoms with Crippen LogP contribution in [0.1, 0.15) is 23.0 Å². The number of aromatic nitrogens is 2. The SMILES string of the molecule is CCc1ccc(N(C)C(=O)c2cnc(N)cn2)cc1. The van der Waals surface area contributed by atoms with Crippen molar-refractivity contribution in [1.29, 1.82) is 0 Å². The molecule has 1 heterocycles. The number of rotatable bonds is 3. The maximum absolute atomic E-state index is 12.2. The van der Waals surface area contributed by atoms with Crippen LogP contribution in [0.2, 0.25) is 0 Å². The fourth-order valence-corrected chi connectivity index (χ4v) is 1.69. The van der Waals surface area contributed by atoms with Gasteiger partial charge in [-0.2, -0.15) is 0 Å². The summed E-state index contributed by atoms with van der Waals surface area (Å²) < 4.78 is 0. The van der Waals surface area contributed by atoms with Crippen LogP contribution in [0.15, 0.2) is 36.7 Å². The van der Waals surface area contributed by atoms with Crippen molar-refractivity contribution < 1.29 is 4.79 Å². The van der Waals surface area contributed by atoms with Crippen molar-refractivity contribution in [2.24, 2.45) is 0 Å². The standard InChI is InChI=1S/C14H16N4O/c1-3-10-4-6-11(7-5-10)18(2)14(19)12-8-17-13(15)9-16-12/h4-9H,3H2,1-2H3,(H2,15,17). The maximum atomic E-state index is 12.2. The summed E-state index contributed by atoms with van der Waals surface area (Å²) in [5, 5.41) is 0. The van der Waals surface area contributed by atoms with E-state index in [-0.39, 0.29) is 11.6 Å². The van der Waals surface area contributed by atoms with Gasteiger partial charge in [0.25, 0.3) is 5.91 Å². The van der Waals surface area contributed by atoms with Gasteiger partial charge in [-0.15, -0.1) is 0 Å². The molecule has 0 atom stereocenters. The molecule has 0 aliphatic rings. The lowest BCUT2D eigenvalue weighted by Crippen LogP contribution is -2.27. The first-order valence-electron chi connectivity index (χ1n) is 6.06. The monoisotopic (exact) mass is 256 g/mol. The smallest absolute Gasteiger partial charge is 0.278 e. The first-order valence-corrected chi connectivity index (χ1v) is 6.06. The van der Waals surface area contributed by atoms with E-state index in [2.05, 4.69) is 16.9 Å².